The summed E-state index contributed by atoms with van der Waals surface area (Å²) in [6, 6.07) is 0. The zero-order valence-corrected chi connectivity index (χ0v) is 10.9. The molecule has 0 fully saturated rings. The van der Waals surface area contributed by atoms with Crippen molar-refractivity contribution < 1.29 is 0 Å². The number of nitrogens with one attached hydrogen (secondary N) is 1. The van der Waals surface area contributed by atoms with Gasteiger partial charge < -0.3 is 0 Å². The van der Waals surface area contributed by atoms with Crippen LogP contribution in [0.1, 0.15) is 0 Å². The summed E-state index contributed by atoms with van der Waals surface area (Å²) in [5, 5.41) is 4.24. The summed E-state index contributed by atoms with van der Waals surface area (Å²) in [7, 11) is 1.69. The van der Waals surface area contributed by atoms with Crippen LogP contribution in [0.25, 0.3) is 11.0 Å². The Morgan fingerprint density at radius 1 is 1.53 bits per heavy atom. The SMILES string of the molecule is Cn1cc2c(=O)n(C[C@@H](S)CS)c(=O)[nH]c2n1. The van der Waals surface area contributed by atoms with Crippen molar-refractivity contribution in [2.24, 2.45) is 7.05 Å². The van der Waals surface area contributed by atoms with E-state index in [0.29, 0.717) is 16.8 Å². The quantitative estimate of drug-likeness (QED) is 0.669. The number of fused-ring (bicyclic) bond motifs is 1. The molecule has 0 bridgehead atoms. The number of thiol groups is 2. The molecule has 2 rings (SSSR count). The molecule has 2 aromatic heterocycles. The van der Waals surface area contributed by atoms with E-state index in [2.05, 4.69) is 35.3 Å². The third-order valence-corrected chi connectivity index (χ3v) is 3.45. The normalized spacial score (nSPS) is 13.1. The molecule has 1 N–H and O–H groups in total. The van der Waals surface area contributed by atoms with Gasteiger partial charge in [0.15, 0.2) is 5.65 Å². The second kappa shape index (κ2) is 4.61. The van der Waals surface area contributed by atoms with Crippen molar-refractivity contribution in [3.8, 4) is 0 Å². The van der Waals surface area contributed by atoms with Gasteiger partial charge in [-0.15, -0.1) is 0 Å². The molecule has 0 aliphatic heterocycles. The van der Waals surface area contributed by atoms with E-state index in [9.17, 15) is 9.59 Å². The summed E-state index contributed by atoms with van der Waals surface area (Å²) >= 11 is 8.30. The van der Waals surface area contributed by atoms with E-state index in [4.69, 9.17) is 0 Å². The molecule has 0 spiro atoms. The first-order valence-corrected chi connectivity index (χ1v) is 6.13. The van der Waals surface area contributed by atoms with E-state index in [-0.39, 0.29) is 17.4 Å². The van der Waals surface area contributed by atoms with Crippen LogP contribution in [0.4, 0.5) is 0 Å². The minimum atomic E-state index is -0.470. The highest BCUT2D eigenvalue weighted by atomic mass is 32.1. The van der Waals surface area contributed by atoms with Crippen molar-refractivity contribution in [2.45, 2.75) is 11.8 Å². The summed E-state index contributed by atoms with van der Waals surface area (Å²) < 4.78 is 2.61. The number of H-pyrrole nitrogens is 1. The summed E-state index contributed by atoms with van der Waals surface area (Å²) in [5.74, 6) is 0.486. The van der Waals surface area contributed by atoms with Crippen molar-refractivity contribution in [3.05, 3.63) is 27.0 Å². The number of nitrogens with zero attached hydrogens (tertiary/aromatic N) is 3. The molecule has 0 unspecified atom stereocenters. The first-order valence-electron chi connectivity index (χ1n) is 4.98. The predicted octanol–water partition coefficient (Wildman–Crippen LogP) is -0.349. The Labute approximate surface area is 107 Å². The van der Waals surface area contributed by atoms with Gasteiger partial charge in [-0.25, -0.2) is 4.79 Å². The van der Waals surface area contributed by atoms with Gasteiger partial charge >= 0.3 is 5.69 Å². The lowest BCUT2D eigenvalue weighted by molar-refractivity contribution is 0.639. The monoisotopic (exact) mass is 272 g/mol. The maximum absolute atomic E-state index is 12.0. The molecule has 6 nitrogen and oxygen atoms in total. The van der Waals surface area contributed by atoms with Gasteiger partial charge in [0.2, 0.25) is 0 Å². The van der Waals surface area contributed by atoms with E-state index in [1.165, 1.54) is 4.68 Å². The third kappa shape index (κ3) is 2.27. The number of hydrogen-bond donors (Lipinski definition) is 3. The zero-order chi connectivity index (χ0) is 12.6. The standard InChI is InChI=1S/C9H12N4O2S2/c1-12-3-6-7(11-12)10-9(15)13(8(6)14)2-5(17)4-16/h3,5,16-17H,2,4H2,1H3,(H,10,11,15)/t5-/m1/s1. The van der Waals surface area contributed by atoms with Crippen LogP contribution < -0.4 is 11.2 Å². The van der Waals surface area contributed by atoms with Gasteiger partial charge in [-0.2, -0.15) is 30.4 Å². The Morgan fingerprint density at radius 3 is 2.88 bits per heavy atom. The summed E-state index contributed by atoms with van der Waals surface area (Å²) in [4.78, 5) is 26.3. The molecular formula is C9H12N4O2S2. The predicted molar refractivity (Wildman–Crippen MR) is 72.2 cm³/mol. The molecule has 0 aliphatic carbocycles. The average Bonchev–Trinajstić information content (AvgIpc) is 2.64. The van der Waals surface area contributed by atoms with Gasteiger partial charge in [-0.05, 0) is 0 Å². The van der Waals surface area contributed by atoms with Crippen LogP contribution in [0.3, 0.4) is 0 Å². The Kier molecular flexibility index (Phi) is 3.34. The highest BCUT2D eigenvalue weighted by Crippen LogP contribution is 2.02. The van der Waals surface area contributed by atoms with E-state index in [1.54, 1.807) is 13.2 Å². The van der Waals surface area contributed by atoms with Gasteiger partial charge in [0.05, 0.1) is 0 Å². The minimum Gasteiger partial charge on any atom is -0.290 e. The van der Waals surface area contributed by atoms with Crippen LogP contribution in [-0.2, 0) is 13.6 Å². The summed E-state index contributed by atoms with van der Waals surface area (Å²) in [6.07, 6.45) is 1.58. The molecule has 2 aromatic rings. The van der Waals surface area contributed by atoms with E-state index in [1.807, 2.05) is 0 Å². The molecule has 8 heteroatoms. The molecule has 0 aliphatic rings. The smallest absolute Gasteiger partial charge is 0.290 e. The number of aryl methyl sites for hydroxylation is 1. The second-order valence-electron chi connectivity index (χ2n) is 3.75. The Balaban J connectivity index is 2.63. The third-order valence-electron chi connectivity index (χ3n) is 2.38. The first kappa shape index (κ1) is 12.3. The van der Waals surface area contributed by atoms with E-state index < -0.39 is 5.69 Å². The maximum atomic E-state index is 12.0. The van der Waals surface area contributed by atoms with Gasteiger partial charge in [0, 0.05) is 30.8 Å². The largest absolute Gasteiger partial charge is 0.330 e. The van der Waals surface area contributed by atoms with Gasteiger partial charge in [-0.3, -0.25) is 19.0 Å². The van der Waals surface area contributed by atoms with Crippen molar-refractivity contribution >= 4 is 36.3 Å². The van der Waals surface area contributed by atoms with Crippen LogP contribution in [0.5, 0.6) is 0 Å². The number of aromatic nitrogens is 4. The lowest BCUT2D eigenvalue weighted by Gasteiger charge is -2.08. The fourth-order valence-electron chi connectivity index (χ4n) is 1.58. The van der Waals surface area contributed by atoms with Crippen molar-refractivity contribution in [1.82, 2.24) is 19.3 Å². The highest BCUT2D eigenvalue weighted by molar-refractivity contribution is 7.84. The molecule has 2 heterocycles. The molecular weight excluding hydrogens is 260 g/mol. The molecule has 0 saturated heterocycles. The topological polar surface area (TPSA) is 72.7 Å². The zero-order valence-electron chi connectivity index (χ0n) is 9.12. The molecule has 0 radical (unpaired) electrons. The second-order valence-corrected chi connectivity index (χ2v) is 4.84. The Bertz CT molecular complexity index is 657. The summed E-state index contributed by atoms with van der Waals surface area (Å²) in [6.45, 7) is 0.228. The van der Waals surface area contributed by atoms with Crippen molar-refractivity contribution in [1.29, 1.82) is 0 Å². The van der Waals surface area contributed by atoms with Gasteiger partial charge in [0.1, 0.15) is 5.39 Å². The highest BCUT2D eigenvalue weighted by Gasteiger charge is 2.12. The van der Waals surface area contributed by atoms with Crippen LogP contribution in [0.2, 0.25) is 0 Å². The Morgan fingerprint density at radius 2 is 2.24 bits per heavy atom. The van der Waals surface area contributed by atoms with Crippen molar-refractivity contribution in [3.63, 3.8) is 0 Å². The molecule has 0 aromatic carbocycles. The number of hydrogen-bond acceptors (Lipinski definition) is 5. The average molecular weight is 272 g/mol. The minimum absolute atomic E-state index is 0.147. The molecule has 92 valence electrons. The van der Waals surface area contributed by atoms with Gasteiger partial charge in [0.25, 0.3) is 5.56 Å². The number of rotatable bonds is 3. The Hall–Kier alpha value is -1.15. The van der Waals surface area contributed by atoms with E-state index >= 15 is 0 Å². The molecule has 1 atom stereocenters. The lowest BCUT2D eigenvalue weighted by Crippen LogP contribution is -2.37. The number of aromatic amines is 1. The van der Waals surface area contributed by atoms with Crippen LogP contribution in [0, 0.1) is 0 Å². The van der Waals surface area contributed by atoms with E-state index in [0.717, 1.165) is 4.57 Å². The molecule has 0 saturated carbocycles. The van der Waals surface area contributed by atoms with Crippen LogP contribution in [0.15, 0.2) is 15.8 Å². The fourth-order valence-corrected chi connectivity index (χ4v) is 1.86. The maximum Gasteiger partial charge on any atom is 0.330 e. The molecule has 0 amide bonds. The lowest BCUT2D eigenvalue weighted by atomic mass is 10.4. The van der Waals surface area contributed by atoms with Crippen LogP contribution >= 0.6 is 25.3 Å². The first-order chi connectivity index (χ1) is 8.02. The van der Waals surface area contributed by atoms with Crippen LogP contribution in [-0.4, -0.2) is 30.3 Å². The van der Waals surface area contributed by atoms with Crippen molar-refractivity contribution in [2.75, 3.05) is 5.75 Å². The summed E-state index contributed by atoms with van der Waals surface area (Å²) in [5.41, 5.74) is -0.514. The fraction of sp³-hybridized carbons (Fsp3) is 0.444. The molecule has 17 heavy (non-hydrogen) atoms. The van der Waals surface area contributed by atoms with Gasteiger partial charge in [-0.1, -0.05) is 0 Å².